The van der Waals surface area contributed by atoms with Gasteiger partial charge in [0.05, 0.1) is 30.0 Å². The zero-order valence-electron chi connectivity index (χ0n) is 17.0. The first-order chi connectivity index (χ1) is 14.3. The van der Waals surface area contributed by atoms with Gasteiger partial charge in [-0.25, -0.2) is 9.37 Å². The molecule has 0 unspecified atom stereocenters. The molecule has 1 amide bonds. The van der Waals surface area contributed by atoms with Crippen molar-refractivity contribution in [1.29, 1.82) is 0 Å². The van der Waals surface area contributed by atoms with Gasteiger partial charge in [-0.2, -0.15) is 0 Å². The maximum Gasteiger partial charge on any atom is 0.237 e. The molecule has 0 radical (unpaired) electrons. The fourth-order valence-electron chi connectivity index (χ4n) is 4.02. The van der Waals surface area contributed by atoms with Crippen LogP contribution in [0.3, 0.4) is 0 Å². The molecule has 1 aliphatic heterocycles. The number of aromatic nitrogens is 2. The second-order valence-corrected chi connectivity index (χ2v) is 8.65. The van der Waals surface area contributed by atoms with Gasteiger partial charge in [-0.15, -0.1) is 0 Å². The summed E-state index contributed by atoms with van der Waals surface area (Å²) in [4.78, 5) is 19.1. The van der Waals surface area contributed by atoms with Gasteiger partial charge in [0.2, 0.25) is 5.91 Å². The average molecular weight is 427 g/mol. The summed E-state index contributed by atoms with van der Waals surface area (Å²) in [5.74, 6) is 0.416. The lowest BCUT2D eigenvalue weighted by Crippen LogP contribution is -2.55. The molecule has 3 aromatic rings. The van der Waals surface area contributed by atoms with Gasteiger partial charge in [0.15, 0.2) is 0 Å². The molecule has 2 heterocycles. The van der Waals surface area contributed by atoms with E-state index in [1.54, 1.807) is 17.0 Å². The van der Waals surface area contributed by atoms with Gasteiger partial charge in [0.1, 0.15) is 11.6 Å². The van der Waals surface area contributed by atoms with E-state index in [-0.39, 0.29) is 18.3 Å². The zero-order valence-corrected chi connectivity index (χ0v) is 17.8. The molecular weight excluding hydrogens is 403 g/mol. The van der Waals surface area contributed by atoms with Crippen molar-refractivity contribution in [1.82, 2.24) is 14.5 Å². The number of hydrogen-bond acceptors (Lipinski definition) is 3. The van der Waals surface area contributed by atoms with E-state index in [2.05, 4.69) is 4.57 Å². The van der Waals surface area contributed by atoms with Crippen LogP contribution in [0.5, 0.6) is 0 Å². The first kappa shape index (κ1) is 20.6. The Bertz CT molecular complexity index is 1070. The monoisotopic (exact) mass is 426 g/mol. The summed E-state index contributed by atoms with van der Waals surface area (Å²) in [6.45, 7) is 5.02. The number of amides is 1. The van der Waals surface area contributed by atoms with E-state index < -0.39 is 5.54 Å². The molecule has 0 spiro atoms. The number of fused-ring (bicyclic) bond motifs is 1. The summed E-state index contributed by atoms with van der Waals surface area (Å²) < 4.78 is 15.7. The van der Waals surface area contributed by atoms with Crippen LogP contribution in [0.4, 0.5) is 4.39 Å². The maximum atomic E-state index is 13.5. The Morgan fingerprint density at radius 2 is 1.83 bits per heavy atom. The van der Waals surface area contributed by atoms with Crippen LogP contribution in [0.25, 0.3) is 11.3 Å². The highest BCUT2D eigenvalue weighted by Gasteiger charge is 2.38. The van der Waals surface area contributed by atoms with Gasteiger partial charge in [0, 0.05) is 23.6 Å². The first-order valence-corrected chi connectivity index (χ1v) is 10.3. The Morgan fingerprint density at radius 3 is 2.47 bits per heavy atom. The SMILES string of the molecule is CC1(C)Cn2c(nc(-c3ccc(F)cc3)c2Cc2ccc(Cl)cc2)CN1C(=O)CN. The number of halogens is 2. The predicted octanol–water partition coefficient (Wildman–Crippen LogP) is 4.01. The number of hydrogen-bond donors (Lipinski definition) is 1. The molecule has 156 valence electrons. The van der Waals surface area contributed by atoms with Crippen molar-refractivity contribution < 1.29 is 9.18 Å². The van der Waals surface area contributed by atoms with E-state index in [9.17, 15) is 9.18 Å². The topological polar surface area (TPSA) is 64.2 Å². The van der Waals surface area contributed by atoms with Crippen molar-refractivity contribution in [3.8, 4) is 11.3 Å². The maximum absolute atomic E-state index is 13.5. The second kappa shape index (κ2) is 7.85. The number of rotatable bonds is 4. The Labute approximate surface area is 180 Å². The van der Waals surface area contributed by atoms with Crippen molar-refractivity contribution in [3.05, 3.63) is 76.5 Å². The number of nitrogens with zero attached hydrogens (tertiary/aromatic N) is 3. The predicted molar refractivity (Wildman–Crippen MR) is 116 cm³/mol. The molecule has 1 aromatic heterocycles. The molecule has 0 aliphatic carbocycles. The van der Waals surface area contributed by atoms with Crippen molar-refractivity contribution in [2.45, 2.75) is 38.9 Å². The van der Waals surface area contributed by atoms with Gasteiger partial charge in [-0.1, -0.05) is 23.7 Å². The van der Waals surface area contributed by atoms with Crippen molar-refractivity contribution in [2.75, 3.05) is 6.54 Å². The molecule has 2 N–H and O–H groups in total. The molecule has 7 heteroatoms. The third kappa shape index (κ3) is 3.85. The molecule has 0 bridgehead atoms. The molecule has 1 aliphatic rings. The zero-order chi connectivity index (χ0) is 21.5. The quantitative estimate of drug-likeness (QED) is 0.685. The molecule has 2 aromatic carbocycles. The standard InChI is InChI=1S/C23H24ClFN4O/c1-23(2)14-28-19(11-15-3-7-17(24)8-4-15)22(16-5-9-18(25)10-6-16)27-20(28)13-29(23)21(30)12-26/h3-10H,11-14,26H2,1-2H3. The lowest BCUT2D eigenvalue weighted by atomic mass is 9.98. The van der Waals surface area contributed by atoms with E-state index >= 15 is 0 Å². The largest absolute Gasteiger partial charge is 0.327 e. The molecule has 0 saturated heterocycles. The van der Waals surface area contributed by atoms with Crippen molar-refractivity contribution in [2.24, 2.45) is 5.73 Å². The number of carbonyl (C=O) groups is 1. The van der Waals surface area contributed by atoms with Crippen LogP contribution in [-0.4, -0.2) is 32.4 Å². The fraction of sp³-hybridized carbons (Fsp3) is 0.304. The number of imidazole rings is 1. The minimum atomic E-state index is -0.404. The second-order valence-electron chi connectivity index (χ2n) is 8.22. The third-order valence-corrected chi connectivity index (χ3v) is 5.86. The summed E-state index contributed by atoms with van der Waals surface area (Å²) in [7, 11) is 0. The van der Waals surface area contributed by atoms with Crippen LogP contribution >= 0.6 is 11.6 Å². The Morgan fingerprint density at radius 1 is 1.17 bits per heavy atom. The highest BCUT2D eigenvalue weighted by Crippen LogP contribution is 2.33. The molecular formula is C23H24ClFN4O. The van der Waals surface area contributed by atoms with E-state index in [0.29, 0.717) is 24.5 Å². The van der Waals surface area contributed by atoms with Gasteiger partial charge in [0.25, 0.3) is 0 Å². The summed E-state index contributed by atoms with van der Waals surface area (Å²) >= 11 is 6.05. The fourth-order valence-corrected chi connectivity index (χ4v) is 4.15. The van der Waals surface area contributed by atoms with Gasteiger partial charge < -0.3 is 15.2 Å². The minimum Gasteiger partial charge on any atom is -0.327 e. The minimum absolute atomic E-state index is 0.0351. The lowest BCUT2D eigenvalue weighted by Gasteiger charge is -2.43. The molecule has 5 nitrogen and oxygen atoms in total. The lowest BCUT2D eigenvalue weighted by molar-refractivity contribution is -0.137. The van der Waals surface area contributed by atoms with Crippen LogP contribution in [0.2, 0.25) is 5.02 Å². The summed E-state index contributed by atoms with van der Waals surface area (Å²) in [6.07, 6.45) is 0.651. The molecule has 0 atom stereocenters. The van der Waals surface area contributed by atoms with Crippen molar-refractivity contribution >= 4 is 17.5 Å². The van der Waals surface area contributed by atoms with Crippen LogP contribution in [-0.2, 0) is 24.3 Å². The smallest absolute Gasteiger partial charge is 0.237 e. The van der Waals surface area contributed by atoms with Crippen LogP contribution in [0, 0.1) is 5.82 Å². The molecule has 0 saturated carbocycles. The Kier molecular flexibility index (Phi) is 5.38. The molecule has 30 heavy (non-hydrogen) atoms. The van der Waals surface area contributed by atoms with Crippen LogP contribution < -0.4 is 5.73 Å². The first-order valence-electron chi connectivity index (χ1n) is 9.87. The van der Waals surface area contributed by atoms with Crippen molar-refractivity contribution in [3.63, 3.8) is 0 Å². The summed E-state index contributed by atoms with van der Waals surface area (Å²) in [5, 5.41) is 0.685. The number of carbonyl (C=O) groups excluding carboxylic acids is 1. The number of benzene rings is 2. The highest BCUT2D eigenvalue weighted by molar-refractivity contribution is 6.30. The van der Waals surface area contributed by atoms with E-state index in [1.807, 2.05) is 38.1 Å². The Hall–Kier alpha value is -2.70. The third-order valence-electron chi connectivity index (χ3n) is 5.61. The summed E-state index contributed by atoms with van der Waals surface area (Å²) in [5.41, 5.74) is 9.01. The van der Waals surface area contributed by atoms with Gasteiger partial charge >= 0.3 is 0 Å². The average Bonchev–Trinajstić information content (AvgIpc) is 3.05. The summed E-state index contributed by atoms with van der Waals surface area (Å²) in [6, 6.07) is 14.1. The van der Waals surface area contributed by atoms with E-state index in [4.69, 9.17) is 22.3 Å². The van der Waals surface area contributed by atoms with Crippen LogP contribution in [0.1, 0.15) is 30.9 Å². The van der Waals surface area contributed by atoms with E-state index in [1.165, 1.54) is 12.1 Å². The number of nitrogens with two attached hydrogens (primary N) is 1. The van der Waals surface area contributed by atoms with Gasteiger partial charge in [-0.3, -0.25) is 4.79 Å². The van der Waals surface area contributed by atoms with E-state index in [0.717, 1.165) is 28.3 Å². The van der Waals surface area contributed by atoms with Crippen LogP contribution in [0.15, 0.2) is 48.5 Å². The molecule has 4 rings (SSSR count). The van der Waals surface area contributed by atoms with Gasteiger partial charge in [-0.05, 0) is 55.8 Å². The normalized spacial score (nSPS) is 15.2. The Balaban J connectivity index is 1.82. The molecule has 0 fully saturated rings. The highest BCUT2D eigenvalue weighted by atomic mass is 35.5.